The summed E-state index contributed by atoms with van der Waals surface area (Å²) in [5, 5.41) is 9.79. The van der Waals surface area contributed by atoms with Gasteiger partial charge in [0, 0.05) is 19.5 Å². The Morgan fingerprint density at radius 1 is 1.46 bits per heavy atom. The van der Waals surface area contributed by atoms with Gasteiger partial charge in [-0.1, -0.05) is 24.1 Å². The van der Waals surface area contributed by atoms with E-state index in [0.717, 1.165) is 0 Å². The second-order valence-electron chi connectivity index (χ2n) is 6.43. The van der Waals surface area contributed by atoms with Crippen LogP contribution in [-0.4, -0.2) is 53.6 Å². The molecule has 2 unspecified atom stereocenters. The smallest absolute Gasteiger partial charge is 0.409 e. The number of carbonyl (C=O) groups is 1. The number of carbonyl (C=O) groups excluding carboxylic acids is 1. The molecular formula is C19H23NO4. The first-order valence-corrected chi connectivity index (χ1v) is 8.41. The molecule has 0 aromatic rings. The highest BCUT2D eigenvalue weighted by atomic mass is 16.6. The van der Waals surface area contributed by atoms with Gasteiger partial charge in [-0.25, -0.2) is 4.79 Å². The van der Waals surface area contributed by atoms with Crippen LogP contribution in [0.2, 0.25) is 0 Å². The first-order chi connectivity index (χ1) is 11.6. The summed E-state index contributed by atoms with van der Waals surface area (Å²) in [5.74, 6) is 2.46. The molecule has 4 rings (SSSR count). The Hall–Kier alpha value is -2.03. The van der Waals surface area contributed by atoms with Crippen LogP contribution in [0.4, 0.5) is 4.79 Å². The number of ether oxygens (including phenoxy) is 2. The minimum Gasteiger partial charge on any atom is -0.450 e. The molecule has 1 N–H and O–H groups in total. The normalized spacial score (nSPS) is 25.5. The average Bonchev–Trinajstić information content (AvgIpc) is 3.05. The van der Waals surface area contributed by atoms with Crippen molar-refractivity contribution >= 4 is 6.09 Å². The highest BCUT2D eigenvalue weighted by molar-refractivity contribution is 5.80. The summed E-state index contributed by atoms with van der Waals surface area (Å²) < 4.78 is 10.7. The van der Waals surface area contributed by atoms with Gasteiger partial charge in [0.05, 0.1) is 18.3 Å². The van der Waals surface area contributed by atoms with Gasteiger partial charge in [-0.15, -0.1) is 6.42 Å². The quantitative estimate of drug-likeness (QED) is 0.817. The Morgan fingerprint density at radius 3 is 2.54 bits per heavy atom. The van der Waals surface area contributed by atoms with E-state index >= 15 is 0 Å². The van der Waals surface area contributed by atoms with Gasteiger partial charge in [0.15, 0.2) is 0 Å². The fourth-order valence-electron chi connectivity index (χ4n) is 3.34. The largest absolute Gasteiger partial charge is 0.450 e. The maximum Gasteiger partial charge on any atom is 0.409 e. The van der Waals surface area contributed by atoms with E-state index in [-0.39, 0.29) is 11.7 Å². The van der Waals surface area contributed by atoms with Crippen LogP contribution in [0.25, 0.3) is 11.1 Å². The lowest BCUT2D eigenvalue weighted by atomic mass is 9.88. The van der Waals surface area contributed by atoms with Crippen molar-refractivity contribution in [2.75, 3.05) is 19.7 Å². The maximum atomic E-state index is 11.6. The van der Waals surface area contributed by atoms with Crippen molar-refractivity contribution < 1.29 is 19.4 Å². The molecule has 0 radical (unpaired) electrons. The Morgan fingerprint density at radius 2 is 2.12 bits per heavy atom. The predicted octanol–water partition coefficient (Wildman–Crippen LogP) is 2.43. The summed E-state index contributed by atoms with van der Waals surface area (Å²) in [7, 11) is 0. The molecule has 0 bridgehead atoms. The topological polar surface area (TPSA) is 59.0 Å². The van der Waals surface area contributed by atoms with Crippen molar-refractivity contribution in [3.63, 3.8) is 0 Å². The SMILES string of the molecule is C#CC1OC2(CCN(C(=O)OCC)CC2)CC1O.c1cc2cc-2c1. The van der Waals surface area contributed by atoms with E-state index in [1.807, 2.05) is 0 Å². The minimum absolute atomic E-state index is 0.278. The lowest BCUT2D eigenvalue weighted by Gasteiger charge is -2.38. The van der Waals surface area contributed by atoms with E-state index in [4.69, 9.17) is 15.9 Å². The zero-order valence-electron chi connectivity index (χ0n) is 13.9. The van der Waals surface area contributed by atoms with Crippen LogP contribution in [-0.2, 0) is 9.47 Å². The van der Waals surface area contributed by atoms with Crippen LogP contribution in [0.5, 0.6) is 0 Å². The number of amides is 1. The third-order valence-corrected chi connectivity index (χ3v) is 4.79. The van der Waals surface area contributed by atoms with Gasteiger partial charge in [-0.2, -0.15) is 0 Å². The average molecular weight is 329 g/mol. The van der Waals surface area contributed by atoms with Crippen LogP contribution in [0, 0.1) is 12.3 Å². The van der Waals surface area contributed by atoms with E-state index < -0.39 is 12.2 Å². The molecule has 0 aromatic carbocycles. The summed E-state index contributed by atoms with van der Waals surface area (Å²) >= 11 is 0. The number of benzene rings is 1. The van der Waals surface area contributed by atoms with Crippen molar-refractivity contribution in [3.8, 4) is 23.5 Å². The molecule has 2 fully saturated rings. The fourth-order valence-corrected chi connectivity index (χ4v) is 3.34. The lowest BCUT2D eigenvalue weighted by molar-refractivity contribution is -0.0622. The Kier molecular flexibility index (Phi) is 4.79. The molecule has 24 heavy (non-hydrogen) atoms. The van der Waals surface area contributed by atoms with Crippen LogP contribution >= 0.6 is 0 Å². The van der Waals surface area contributed by atoms with Crippen molar-refractivity contribution in [3.05, 3.63) is 24.3 Å². The molecule has 5 nitrogen and oxygen atoms in total. The van der Waals surface area contributed by atoms with Gasteiger partial charge < -0.3 is 19.5 Å². The Balaban J connectivity index is 0.000000231. The van der Waals surface area contributed by atoms with Gasteiger partial charge in [0.25, 0.3) is 0 Å². The molecule has 2 atom stereocenters. The number of aliphatic hydroxyl groups excluding tert-OH is 1. The summed E-state index contributed by atoms with van der Waals surface area (Å²) in [6.45, 7) is 3.35. The Labute approximate surface area is 142 Å². The van der Waals surface area contributed by atoms with Gasteiger partial charge in [0.2, 0.25) is 0 Å². The molecule has 2 aliphatic heterocycles. The van der Waals surface area contributed by atoms with Crippen molar-refractivity contribution in [2.24, 2.45) is 0 Å². The lowest BCUT2D eigenvalue weighted by Crippen LogP contribution is -2.47. The van der Waals surface area contributed by atoms with Gasteiger partial charge >= 0.3 is 6.09 Å². The second kappa shape index (κ2) is 6.84. The summed E-state index contributed by atoms with van der Waals surface area (Å²) in [6, 6.07) is 8.48. The molecule has 2 aliphatic carbocycles. The number of hydrogen-bond acceptors (Lipinski definition) is 4. The molecule has 1 amide bonds. The first kappa shape index (κ1) is 16.8. The number of likely N-dealkylation sites (tertiary alicyclic amines) is 1. The second-order valence-corrected chi connectivity index (χ2v) is 6.43. The molecule has 2 saturated heterocycles. The van der Waals surface area contributed by atoms with Crippen LogP contribution in [0.3, 0.4) is 0 Å². The van der Waals surface area contributed by atoms with Gasteiger partial charge in [0.1, 0.15) is 6.10 Å². The van der Waals surface area contributed by atoms with Crippen LogP contribution in [0.15, 0.2) is 24.3 Å². The van der Waals surface area contributed by atoms with E-state index in [2.05, 4.69) is 30.2 Å². The molecule has 4 aliphatic rings. The number of piperidine rings is 1. The standard InChI is InChI=1S/C13H19NO4.C6H4/c1-3-11-10(15)9-13(18-11)5-7-14(8-6-13)12(16)17-4-2;1-2-5-4-6(5)3-1/h1,10-11,15H,4-9H2,2H3;1-4H. The van der Waals surface area contributed by atoms with E-state index in [1.165, 1.54) is 11.1 Å². The zero-order valence-corrected chi connectivity index (χ0v) is 13.9. The maximum absolute atomic E-state index is 11.6. The van der Waals surface area contributed by atoms with Crippen LogP contribution < -0.4 is 0 Å². The molecule has 1 spiro atoms. The molecule has 128 valence electrons. The first-order valence-electron chi connectivity index (χ1n) is 8.41. The van der Waals surface area contributed by atoms with Crippen molar-refractivity contribution in [1.82, 2.24) is 4.90 Å². The molecule has 0 aromatic heterocycles. The number of terminal acetylenes is 1. The predicted molar refractivity (Wildman–Crippen MR) is 90.3 cm³/mol. The molecule has 2 heterocycles. The third kappa shape index (κ3) is 3.55. The zero-order chi connectivity index (χ0) is 17.2. The number of rotatable bonds is 1. The van der Waals surface area contributed by atoms with Crippen molar-refractivity contribution in [1.29, 1.82) is 0 Å². The summed E-state index contributed by atoms with van der Waals surface area (Å²) in [5.41, 5.74) is 2.49. The number of nitrogens with zero attached hydrogens (tertiary/aromatic N) is 1. The van der Waals surface area contributed by atoms with Gasteiger partial charge in [-0.3, -0.25) is 0 Å². The van der Waals surface area contributed by atoms with E-state index in [1.54, 1.807) is 11.8 Å². The van der Waals surface area contributed by atoms with E-state index in [9.17, 15) is 9.90 Å². The van der Waals surface area contributed by atoms with Gasteiger partial charge in [-0.05, 0) is 37.0 Å². The van der Waals surface area contributed by atoms with E-state index in [0.29, 0.717) is 39.0 Å². The number of hydrogen-bond donors (Lipinski definition) is 1. The Bertz CT molecular complexity index is 626. The molecule has 0 saturated carbocycles. The summed E-state index contributed by atoms with van der Waals surface area (Å²) in [6.07, 6.45) is 5.87. The fraction of sp³-hybridized carbons (Fsp3) is 0.526. The number of fused-ring (bicyclic) bond motifs is 1. The minimum atomic E-state index is -0.593. The highest BCUT2D eigenvalue weighted by Gasteiger charge is 2.47. The summed E-state index contributed by atoms with van der Waals surface area (Å²) in [4.78, 5) is 13.2. The van der Waals surface area contributed by atoms with Crippen molar-refractivity contribution in [2.45, 2.75) is 44.0 Å². The molecule has 5 heteroatoms. The molecular weight excluding hydrogens is 306 g/mol. The highest BCUT2D eigenvalue weighted by Crippen LogP contribution is 2.39. The third-order valence-electron chi connectivity index (χ3n) is 4.79. The number of aliphatic hydroxyl groups is 1. The van der Waals surface area contributed by atoms with Crippen LogP contribution in [0.1, 0.15) is 26.2 Å². The monoisotopic (exact) mass is 329 g/mol.